The van der Waals surface area contributed by atoms with Crippen LogP contribution in [0, 0.1) is 6.92 Å². The predicted molar refractivity (Wildman–Crippen MR) is 99.4 cm³/mol. The SMILES string of the molecule is Cc1ccc(CNC(=O)CN(c2ccccc2Br)S(C)(=O)=O)cc1. The molecule has 0 atom stereocenters. The van der Waals surface area contributed by atoms with Crippen LogP contribution in [0.4, 0.5) is 5.69 Å². The lowest BCUT2D eigenvalue weighted by atomic mass is 10.1. The quantitative estimate of drug-likeness (QED) is 0.795. The number of nitrogens with zero attached hydrogens (tertiary/aromatic N) is 1. The number of carbonyl (C=O) groups is 1. The minimum Gasteiger partial charge on any atom is -0.350 e. The topological polar surface area (TPSA) is 66.5 Å². The second kappa shape index (κ2) is 7.81. The average molecular weight is 411 g/mol. The third kappa shape index (κ3) is 5.07. The molecule has 1 N–H and O–H groups in total. The van der Waals surface area contributed by atoms with Gasteiger partial charge in [0.05, 0.1) is 11.9 Å². The molecule has 7 heteroatoms. The molecule has 0 aliphatic heterocycles. The number of halogens is 1. The van der Waals surface area contributed by atoms with Gasteiger partial charge in [-0.15, -0.1) is 0 Å². The lowest BCUT2D eigenvalue weighted by Gasteiger charge is -2.23. The van der Waals surface area contributed by atoms with Crippen molar-refractivity contribution in [3.63, 3.8) is 0 Å². The maximum absolute atomic E-state index is 12.2. The molecule has 0 radical (unpaired) electrons. The smallest absolute Gasteiger partial charge is 0.241 e. The summed E-state index contributed by atoms with van der Waals surface area (Å²) >= 11 is 3.32. The molecule has 1 amide bonds. The van der Waals surface area contributed by atoms with Crippen molar-refractivity contribution < 1.29 is 13.2 Å². The fourth-order valence-corrected chi connectivity index (χ4v) is 3.61. The molecule has 0 unspecified atom stereocenters. The molecule has 0 aromatic heterocycles. The number of aryl methyl sites for hydroxylation is 1. The summed E-state index contributed by atoms with van der Waals surface area (Å²) in [6.45, 7) is 2.07. The Morgan fingerprint density at radius 3 is 2.33 bits per heavy atom. The summed E-state index contributed by atoms with van der Waals surface area (Å²) in [5.74, 6) is -0.364. The molecule has 0 saturated heterocycles. The van der Waals surface area contributed by atoms with Crippen molar-refractivity contribution in [2.75, 3.05) is 17.1 Å². The number of para-hydroxylation sites is 1. The van der Waals surface area contributed by atoms with E-state index in [1.54, 1.807) is 24.3 Å². The van der Waals surface area contributed by atoms with Crippen LogP contribution in [0.5, 0.6) is 0 Å². The van der Waals surface area contributed by atoms with E-state index in [2.05, 4.69) is 21.2 Å². The van der Waals surface area contributed by atoms with Gasteiger partial charge in [0.15, 0.2) is 0 Å². The van der Waals surface area contributed by atoms with E-state index in [0.717, 1.165) is 21.7 Å². The van der Waals surface area contributed by atoms with Gasteiger partial charge in [-0.1, -0.05) is 42.0 Å². The second-order valence-corrected chi connectivity index (χ2v) is 8.24. The van der Waals surface area contributed by atoms with E-state index >= 15 is 0 Å². The molecular formula is C17H19BrN2O3S. The molecule has 24 heavy (non-hydrogen) atoms. The summed E-state index contributed by atoms with van der Waals surface area (Å²) in [5.41, 5.74) is 2.54. The fraction of sp³-hybridized carbons (Fsp3) is 0.235. The van der Waals surface area contributed by atoms with Crippen LogP contribution in [0.15, 0.2) is 53.0 Å². The first kappa shape index (κ1) is 18.5. The molecule has 2 aromatic rings. The highest BCUT2D eigenvalue weighted by molar-refractivity contribution is 9.10. The summed E-state index contributed by atoms with van der Waals surface area (Å²) in [5, 5.41) is 2.75. The standard InChI is InChI=1S/C17H19BrN2O3S/c1-13-7-9-14(10-8-13)11-19-17(21)12-20(24(2,22)23)16-6-4-3-5-15(16)18/h3-10H,11-12H2,1-2H3,(H,19,21). The number of anilines is 1. The van der Waals surface area contributed by atoms with Crippen molar-refractivity contribution in [3.8, 4) is 0 Å². The molecule has 2 rings (SSSR count). The molecule has 128 valence electrons. The third-order valence-electron chi connectivity index (χ3n) is 3.42. The van der Waals surface area contributed by atoms with Crippen LogP contribution in [0.2, 0.25) is 0 Å². The summed E-state index contributed by atoms with van der Waals surface area (Å²) in [6.07, 6.45) is 1.08. The van der Waals surface area contributed by atoms with Crippen LogP contribution >= 0.6 is 15.9 Å². The highest BCUT2D eigenvalue weighted by atomic mass is 79.9. The lowest BCUT2D eigenvalue weighted by molar-refractivity contribution is -0.119. The van der Waals surface area contributed by atoms with E-state index in [0.29, 0.717) is 16.7 Å². The largest absolute Gasteiger partial charge is 0.350 e. The van der Waals surface area contributed by atoms with Crippen molar-refractivity contribution in [1.29, 1.82) is 0 Å². The molecule has 0 heterocycles. The third-order valence-corrected chi connectivity index (χ3v) is 5.22. The monoisotopic (exact) mass is 410 g/mol. The molecular weight excluding hydrogens is 392 g/mol. The lowest BCUT2D eigenvalue weighted by Crippen LogP contribution is -2.40. The van der Waals surface area contributed by atoms with E-state index in [1.165, 1.54) is 0 Å². The van der Waals surface area contributed by atoms with Gasteiger partial charge in [0.2, 0.25) is 15.9 Å². The Hall–Kier alpha value is -1.86. The number of amides is 1. The second-order valence-electron chi connectivity index (χ2n) is 5.48. The van der Waals surface area contributed by atoms with Crippen molar-refractivity contribution >= 4 is 37.5 Å². The van der Waals surface area contributed by atoms with Crippen LogP contribution < -0.4 is 9.62 Å². The van der Waals surface area contributed by atoms with Gasteiger partial charge in [0.1, 0.15) is 6.54 Å². The fourth-order valence-electron chi connectivity index (χ4n) is 2.13. The first-order valence-electron chi connectivity index (χ1n) is 7.32. The molecule has 0 spiro atoms. The number of rotatable bonds is 6. The minimum atomic E-state index is -3.58. The number of hydrogen-bond donors (Lipinski definition) is 1. The van der Waals surface area contributed by atoms with E-state index in [-0.39, 0.29) is 12.5 Å². The van der Waals surface area contributed by atoms with E-state index in [9.17, 15) is 13.2 Å². The van der Waals surface area contributed by atoms with Crippen molar-refractivity contribution in [2.45, 2.75) is 13.5 Å². The van der Waals surface area contributed by atoms with E-state index in [4.69, 9.17) is 0 Å². The number of nitrogens with one attached hydrogen (secondary N) is 1. The maximum Gasteiger partial charge on any atom is 0.241 e. The van der Waals surface area contributed by atoms with Crippen LogP contribution in [0.1, 0.15) is 11.1 Å². The van der Waals surface area contributed by atoms with Gasteiger partial charge in [-0.25, -0.2) is 8.42 Å². The van der Waals surface area contributed by atoms with Gasteiger partial charge in [0.25, 0.3) is 0 Å². The van der Waals surface area contributed by atoms with E-state index in [1.807, 2.05) is 31.2 Å². The molecule has 2 aromatic carbocycles. The van der Waals surface area contributed by atoms with Crippen LogP contribution in [-0.4, -0.2) is 27.1 Å². The zero-order valence-electron chi connectivity index (χ0n) is 13.5. The number of benzene rings is 2. The number of carbonyl (C=O) groups excluding carboxylic acids is 1. The van der Waals surface area contributed by atoms with Gasteiger partial charge in [-0.05, 0) is 40.5 Å². The molecule has 0 saturated carbocycles. The van der Waals surface area contributed by atoms with Gasteiger partial charge in [-0.3, -0.25) is 9.10 Å². The van der Waals surface area contributed by atoms with Gasteiger partial charge in [-0.2, -0.15) is 0 Å². The minimum absolute atomic E-state index is 0.271. The normalized spacial score (nSPS) is 11.1. The van der Waals surface area contributed by atoms with Gasteiger partial charge >= 0.3 is 0 Å². The summed E-state index contributed by atoms with van der Waals surface area (Å²) in [6, 6.07) is 14.7. The Kier molecular flexibility index (Phi) is 6.01. The van der Waals surface area contributed by atoms with Crippen molar-refractivity contribution in [3.05, 3.63) is 64.1 Å². The van der Waals surface area contributed by atoms with Gasteiger partial charge in [0, 0.05) is 11.0 Å². The maximum atomic E-state index is 12.2. The zero-order valence-corrected chi connectivity index (χ0v) is 15.9. The first-order chi connectivity index (χ1) is 11.3. The van der Waals surface area contributed by atoms with Crippen LogP contribution in [0.25, 0.3) is 0 Å². The van der Waals surface area contributed by atoms with E-state index < -0.39 is 10.0 Å². The van der Waals surface area contributed by atoms with Gasteiger partial charge < -0.3 is 5.32 Å². The summed E-state index contributed by atoms with van der Waals surface area (Å²) in [4.78, 5) is 12.2. The van der Waals surface area contributed by atoms with Crippen LogP contribution in [-0.2, 0) is 21.4 Å². The highest BCUT2D eigenvalue weighted by Gasteiger charge is 2.22. The Labute approximate surface area is 150 Å². The Morgan fingerprint density at radius 1 is 1.12 bits per heavy atom. The Morgan fingerprint density at radius 2 is 1.75 bits per heavy atom. The first-order valence-corrected chi connectivity index (χ1v) is 9.96. The van der Waals surface area contributed by atoms with Crippen molar-refractivity contribution in [2.24, 2.45) is 0 Å². The highest BCUT2D eigenvalue weighted by Crippen LogP contribution is 2.27. The Bertz CT molecular complexity index is 820. The average Bonchev–Trinajstić information content (AvgIpc) is 2.52. The molecule has 0 aliphatic rings. The molecule has 0 aliphatic carbocycles. The Balaban J connectivity index is 2.08. The molecule has 0 fully saturated rings. The van der Waals surface area contributed by atoms with Crippen molar-refractivity contribution in [1.82, 2.24) is 5.32 Å². The summed E-state index contributed by atoms with van der Waals surface area (Å²) in [7, 11) is -3.58. The molecule has 0 bridgehead atoms. The van der Waals surface area contributed by atoms with Crippen LogP contribution in [0.3, 0.4) is 0 Å². The number of hydrogen-bond acceptors (Lipinski definition) is 3. The molecule has 5 nitrogen and oxygen atoms in total. The predicted octanol–water partition coefficient (Wildman–Crippen LogP) is 2.84. The summed E-state index contributed by atoms with van der Waals surface area (Å²) < 4.78 is 25.8. The zero-order chi connectivity index (χ0) is 17.7. The number of sulfonamides is 1.